The summed E-state index contributed by atoms with van der Waals surface area (Å²) in [6.07, 6.45) is 0. The van der Waals surface area contributed by atoms with Crippen molar-refractivity contribution < 1.29 is 42.2 Å². The van der Waals surface area contributed by atoms with Crippen LogP contribution in [0.3, 0.4) is 0 Å². The van der Waals surface area contributed by atoms with Gasteiger partial charge in [0.15, 0.2) is 0 Å². The van der Waals surface area contributed by atoms with Gasteiger partial charge in [0, 0.05) is 5.56 Å². The molecular weight excluding hydrogens is 451 g/mol. The topological polar surface area (TPSA) is 114 Å². The van der Waals surface area contributed by atoms with Crippen LogP contribution in [-0.4, -0.2) is 37.7 Å². The summed E-state index contributed by atoms with van der Waals surface area (Å²) in [6, 6.07) is 5.94. The lowest BCUT2D eigenvalue weighted by Gasteiger charge is -2.21. The van der Waals surface area contributed by atoms with Gasteiger partial charge in [0.2, 0.25) is 13.6 Å². The Kier molecular flexibility index (Phi) is 10.3. The zero-order valence-corrected chi connectivity index (χ0v) is 21.5. The molecule has 0 heterocycles. The predicted molar refractivity (Wildman–Crippen MR) is 122 cm³/mol. The second-order valence-corrected chi connectivity index (χ2v) is 11.8. The molecule has 0 bridgehead atoms. The van der Waals surface area contributed by atoms with E-state index in [2.05, 4.69) is 0 Å². The lowest BCUT2D eigenvalue weighted by atomic mass is 9.98. The highest BCUT2D eigenvalue weighted by atomic mass is 31.2. The number of ether oxygens (including phenoxy) is 3. The number of benzene rings is 1. The van der Waals surface area contributed by atoms with Crippen LogP contribution in [0.25, 0.3) is 0 Å². The summed E-state index contributed by atoms with van der Waals surface area (Å²) in [5.41, 5.74) is -2.60. The normalized spacial score (nSPS) is 12.4. The van der Waals surface area contributed by atoms with Crippen molar-refractivity contribution in [1.82, 2.24) is 0 Å². The first-order valence-corrected chi connectivity index (χ1v) is 12.1. The summed E-state index contributed by atoms with van der Waals surface area (Å²) in [4.78, 5) is 36.9. The van der Waals surface area contributed by atoms with Crippen molar-refractivity contribution in [2.24, 2.45) is 16.7 Å². The summed E-state index contributed by atoms with van der Waals surface area (Å²) < 4.78 is 39.0. The molecule has 0 aliphatic heterocycles. The van der Waals surface area contributed by atoms with Crippen molar-refractivity contribution in [2.45, 2.75) is 55.4 Å². The van der Waals surface area contributed by atoms with Crippen molar-refractivity contribution in [3.8, 4) is 5.75 Å². The van der Waals surface area contributed by atoms with E-state index in [4.69, 9.17) is 23.3 Å². The van der Waals surface area contributed by atoms with Crippen LogP contribution < -0.4 is 4.74 Å². The highest BCUT2D eigenvalue weighted by Crippen LogP contribution is 2.51. The monoisotopic (exact) mass is 486 g/mol. The van der Waals surface area contributed by atoms with Crippen LogP contribution in [0.2, 0.25) is 0 Å². The van der Waals surface area contributed by atoms with Gasteiger partial charge in [0.25, 0.3) is 5.52 Å². The molecule has 1 rings (SSSR count). The smallest absolute Gasteiger partial charge is 0.407 e. The fourth-order valence-corrected chi connectivity index (χ4v) is 3.16. The third-order valence-corrected chi connectivity index (χ3v) is 5.63. The molecular formula is C23H35O9P. The Morgan fingerprint density at radius 3 is 1.61 bits per heavy atom. The number of carbonyl (C=O) groups excluding carboxylic acids is 3. The number of esters is 2. The van der Waals surface area contributed by atoms with E-state index in [0.29, 0.717) is 18.3 Å². The molecule has 0 aliphatic rings. The molecule has 9 nitrogen and oxygen atoms in total. The van der Waals surface area contributed by atoms with Crippen LogP contribution in [0.1, 0.15) is 65.7 Å². The fourth-order valence-electron chi connectivity index (χ4n) is 2.00. The van der Waals surface area contributed by atoms with E-state index in [0.717, 1.165) is 0 Å². The van der Waals surface area contributed by atoms with Gasteiger partial charge in [-0.1, -0.05) is 13.8 Å². The molecule has 186 valence electrons. The Labute approximate surface area is 195 Å². The summed E-state index contributed by atoms with van der Waals surface area (Å²) in [7, 11) is -4.53. The molecule has 10 heteroatoms. The van der Waals surface area contributed by atoms with E-state index in [9.17, 15) is 18.9 Å². The first-order valence-electron chi connectivity index (χ1n) is 10.6. The second kappa shape index (κ2) is 11.8. The van der Waals surface area contributed by atoms with Crippen LogP contribution in [0.15, 0.2) is 24.3 Å². The van der Waals surface area contributed by atoms with Crippen molar-refractivity contribution in [1.29, 1.82) is 0 Å². The number of rotatable bonds is 11. The second-order valence-electron chi connectivity index (χ2n) is 9.89. The standard InChI is InChI=1S/C23H35O9P/c1-16(2)13-28-18-11-9-17(10-12-18)19(24)33(27,31-14-29-20(25)22(3,4)5)32-15-30-21(26)23(6,7)8/h9-12,16H,13-15H2,1-8H3. The van der Waals surface area contributed by atoms with Gasteiger partial charge in [-0.05, 0) is 71.7 Å². The van der Waals surface area contributed by atoms with Crippen molar-refractivity contribution in [3.05, 3.63) is 29.8 Å². The molecule has 0 atom stereocenters. The molecule has 1 aromatic rings. The summed E-state index contributed by atoms with van der Waals surface area (Å²) >= 11 is 0. The zero-order valence-electron chi connectivity index (χ0n) is 20.6. The van der Waals surface area contributed by atoms with Crippen molar-refractivity contribution in [3.63, 3.8) is 0 Å². The number of carbonyl (C=O) groups is 3. The van der Waals surface area contributed by atoms with Gasteiger partial charge in [-0.15, -0.1) is 0 Å². The molecule has 0 amide bonds. The molecule has 33 heavy (non-hydrogen) atoms. The van der Waals surface area contributed by atoms with Gasteiger partial charge >= 0.3 is 19.5 Å². The maximum absolute atomic E-state index is 13.3. The quantitative estimate of drug-likeness (QED) is 0.237. The molecule has 0 radical (unpaired) electrons. The Morgan fingerprint density at radius 2 is 1.24 bits per heavy atom. The zero-order chi connectivity index (χ0) is 25.4. The van der Waals surface area contributed by atoms with Gasteiger partial charge in [0.1, 0.15) is 5.75 Å². The minimum atomic E-state index is -4.53. The maximum atomic E-state index is 13.3. The summed E-state index contributed by atoms with van der Waals surface area (Å²) in [5, 5.41) is 0. The number of hydrogen-bond acceptors (Lipinski definition) is 9. The SMILES string of the molecule is CC(C)COc1ccc(C(=O)P(=O)(OCOC(=O)C(C)(C)C)OCOC(=O)C(C)(C)C)cc1. The van der Waals surface area contributed by atoms with Crippen LogP contribution in [0.5, 0.6) is 5.75 Å². The first-order chi connectivity index (χ1) is 15.1. The Bertz CT molecular complexity index is 825. The van der Waals surface area contributed by atoms with Gasteiger partial charge < -0.3 is 14.2 Å². The molecule has 0 spiro atoms. The van der Waals surface area contributed by atoms with E-state index in [1.54, 1.807) is 53.7 Å². The molecule has 0 aliphatic carbocycles. The molecule has 0 aromatic heterocycles. The molecule has 0 unspecified atom stereocenters. The third kappa shape index (κ3) is 9.66. The van der Waals surface area contributed by atoms with Gasteiger partial charge in [-0.2, -0.15) is 0 Å². The highest BCUT2D eigenvalue weighted by molar-refractivity contribution is 7.72. The Balaban J connectivity index is 2.97. The van der Waals surface area contributed by atoms with E-state index in [-0.39, 0.29) is 5.56 Å². The summed E-state index contributed by atoms with van der Waals surface area (Å²) in [6.45, 7) is 12.7. The van der Waals surface area contributed by atoms with E-state index < -0.39 is 49.5 Å². The third-order valence-electron chi connectivity index (χ3n) is 3.98. The van der Waals surface area contributed by atoms with E-state index >= 15 is 0 Å². The lowest BCUT2D eigenvalue weighted by Crippen LogP contribution is -2.25. The van der Waals surface area contributed by atoms with Gasteiger partial charge in [0.05, 0.1) is 17.4 Å². The maximum Gasteiger partial charge on any atom is 0.407 e. The van der Waals surface area contributed by atoms with Gasteiger partial charge in [-0.25, -0.2) is 0 Å². The minimum absolute atomic E-state index is 0.0273. The van der Waals surface area contributed by atoms with Crippen LogP contribution in [-0.2, 0) is 32.7 Å². The summed E-state index contributed by atoms with van der Waals surface area (Å²) in [5.74, 6) is -0.380. The largest absolute Gasteiger partial charge is 0.493 e. The van der Waals surface area contributed by atoms with Crippen molar-refractivity contribution in [2.75, 3.05) is 20.2 Å². The number of hydrogen-bond donors (Lipinski definition) is 0. The Morgan fingerprint density at radius 1 is 0.818 bits per heavy atom. The van der Waals surface area contributed by atoms with Crippen molar-refractivity contribution >= 4 is 25.1 Å². The predicted octanol–water partition coefficient (Wildman–Crippen LogP) is 5.18. The average molecular weight is 486 g/mol. The molecule has 1 aromatic carbocycles. The first kappa shape index (κ1) is 28.8. The van der Waals surface area contributed by atoms with E-state index in [1.165, 1.54) is 12.1 Å². The van der Waals surface area contributed by atoms with E-state index in [1.807, 2.05) is 13.8 Å². The van der Waals surface area contributed by atoms with Gasteiger partial charge in [-0.3, -0.25) is 28.0 Å². The Hall–Kier alpha value is -2.22. The highest BCUT2D eigenvalue weighted by Gasteiger charge is 2.38. The molecule has 0 saturated heterocycles. The fraction of sp³-hybridized carbons (Fsp3) is 0.609. The average Bonchev–Trinajstić information content (AvgIpc) is 2.70. The van der Waals surface area contributed by atoms with Crippen LogP contribution in [0.4, 0.5) is 0 Å². The van der Waals surface area contributed by atoms with Crippen LogP contribution in [0, 0.1) is 16.7 Å². The van der Waals surface area contributed by atoms with Crippen LogP contribution >= 0.6 is 7.60 Å². The lowest BCUT2D eigenvalue weighted by molar-refractivity contribution is -0.161. The molecule has 0 fully saturated rings. The minimum Gasteiger partial charge on any atom is -0.493 e. The molecule has 0 N–H and O–H groups in total. The molecule has 0 saturated carbocycles.